The van der Waals surface area contributed by atoms with E-state index in [0.717, 1.165) is 83.5 Å². The van der Waals surface area contributed by atoms with Crippen LogP contribution in [0.15, 0.2) is 156 Å². The Kier molecular flexibility index (Phi) is 9.55. The summed E-state index contributed by atoms with van der Waals surface area (Å²) in [5.74, 6) is 0.188. The Balaban J connectivity index is 1.19. The van der Waals surface area contributed by atoms with Crippen LogP contribution < -0.4 is 0 Å². The van der Waals surface area contributed by atoms with Crippen LogP contribution in [0.5, 0.6) is 5.75 Å². The van der Waals surface area contributed by atoms with Crippen molar-refractivity contribution in [1.29, 1.82) is 0 Å². The highest BCUT2D eigenvalue weighted by Crippen LogP contribution is 2.41. The average Bonchev–Trinajstić information content (AvgIpc) is 3.61. The van der Waals surface area contributed by atoms with Crippen molar-refractivity contribution >= 4 is 21.9 Å². The van der Waals surface area contributed by atoms with E-state index in [1.165, 1.54) is 16.7 Å². The largest absolute Gasteiger partial charge is 0.507 e. The predicted molar refractivity (Wildman–Crippen MR) is 250 cm³/mol. The minimum Gasteiger partial charge on any atom is -0.507 e. The maximum absolute atomic E-state index is 11.7. The number of phenols is 1. The minimum atomic E-state index is -0.0530. The van der Waals surface area contributed by atoms with Crippen molar-refractivity contribution in [3.8, 4) is 72.9 Å². The molecule has 3 heterocycles. The van der Waals surface area contributed by atoms with E-state index in [1.54, 1.807) is 0 Å². The van der Waals surface area contributed by atoms with Crippen molar-refractivity contribution in [3.05, 3.63) is 174 Å². The zero-order valence-corrected chi connectivity index (χ0v) is 35.7. The van der Waals surface area contributed by atoms with Gasteiger partial charge in [-0.3, -0.25) is 4.98 Å². The van der Waals surface area contributed by atoms with Crippen LogP contribution in [-0.2, 0) is 10.8 Å². The summed E-state index contributed by atoms with van der Waals surface area (Å²) in [6.07, 6.45) is 0. The third kappa shape index (κ3) is 7.50. The Morgan fingerprint density at radius 1 is 0.433 bits per heavy atom. The monoisotopic (exact) mass is 782 g/mol. The zero-order chi connectivity index (χ0) is 41.9. The number of aryl methyl sites for hydroxylation is 2. The van der Waals surface area contributed by atoms with Gasteiger partial charge in [0.15, 0.2) is 0 Å². The molecular weight excluding hydrogens is 733 g/mol. The number of nitrogens with zero attached hydrogens (tertiary/aromatic N) is 2. The number of hydrogen-bond acceptors (Lipinski definition) is 4. The van der Waals surface area contributed by atoms with E-state index < -0.39 is 0 Å². The summed E-state index contributed by atoms with van der Waals surface area (Å²) in [7, 11) is 0. The minimum absolute atomic E-state index is 0.0530. The fourth-order valence-electron chi connectivity index (χ4n) is 8.18. The first-order valence-corrected chi connectivity index (χ1v) is 20.8. The SMILES string of the molecule is Cc1cccc(-c2ccc(-c3cc(-c4cc(C(C)(C)C)cc(C(C)(C)C)c4)cc(-c4cccc(-c5cc(-c6cccc7c6oc6ccccc67)cc(C)n5)c4)n3)c(O)c2)c1. The van der Waals surface area contributed by atoms with Crippen molar-refractivity contribution in [2.75, 3.05) is 0 Å². The van der Waals surface area contributed by atoms with Crippen molar-refractivity contribution < 1.29 is 9.52 Å². The second kappa shape index (κ2) is 14.8. The Labute approximate surface area is 353 Å². The molecule has 0 saturated heterocycles. The van der Waals surface area contributed by atoms with Gasteiger partial charge in [-0.15, -0.1) is 0 Å². The quantitative estimate of drug-likeness (QED) is 0.182. The number of pyridine rings is 2. The molecule has 1 N–H and O–H groups in total. The average molecular weight is 783 g/mol. The van der Waals surface area contributed by atoms with Crippen molar-refractivity contribution in [2.24, 2.45) is 0 Å². The molecule has 3 aromatic heterocycles. The molecule has 0 atom stereocenters. The summed E-state index contributed by atoms with van der Waals surface area (Å²) in [5, 5.41) is 13.9. The number of para-hydroxylation sites is 2. The molecule has 9 aromatic rings. The first-order valence-electron chi connectivity index (χ1n) is 20.8. The highest BCUT2D eigenvalue weighted by molar-refractivity contribution is 6.09. The lowest BCUT2D eigenvalue weighted by molar-refractivity contribution is 0.477. The third-order valence-corrected chi connectivity index (χ3v) is 11.6. The summed E-state index contributed by atoms with van der Waals surface area (Å²) in [6, 6.07) is 52.9. The summed E-state index contributed by atoms with van der Waals surface area (Å²) < 4.78 is 6.44. The molecular formula is C56H50N2O2. The van der Waals surface area contributed by atoms with Crippen LogP contribution in [-0.4, -0.2) is 15.1 Å². The fraction of sp³-hybridized carbons (Fsp3) is 0.179. The van der Waals surface area contributed by atoms with E-state index in [9.17, 15) is 5.11 Å². The number of benzene rings is 6. The summed E-state index contributed by atoms with van der Waals surface area (Å²) in [5.41, 5.74) is 17.5. The van der Waals surface area contributed by atoms with Gasteiger partial charge >= 0.3 is 0 Å². The van der Waals surface area contributed by atoms with Crippen LogP contribution in [0.4, 0.5) is 0 Å². The molecule has 60 heavy (non-hydrogen) atoms. The first-order chi connectivity index (χ1) is 28.7. The Morgan fingerprint density at radius 3 is 1.75 bits per heavy atom. The molecule has 4 heteroatoms. The van der Waals surface area contributed by atoms with Crippen LogP contribution in [0.1, 0.15) is 63.9 Å². The van der Waals surface area contributed by atoms with Gasteiger partial charge in [-0.05, 0) is 112 Å². The van der Waals surface area contributed by atoms with Crippen molar-refractivity contribution in [1.82, 2.24) is 9.97 Å². The first kappa shape index (κ1) is 38.7. The summed E-state index contributed by atoms with van der Waals surface area (Å²) >= 11 is 0. The molecule has 296 valence electrons. The maximum Gasteiger partial charge on any atom is 0.143 e. The Morgan fingerprint density at radius 2 is 1.03 bits per heavy atom. The van der Waals surface area contributed by atoms with Gasteiger partial charge in [0, 0.05) is 38.7 Å². The van der Waals surface area contributed by atoms with Crippen LogP contribution >= 0.6 is 0 Å². The topological polar surface area (TPSA) is 59.2 Å². The van der Waals surface area contributed by atoms with Crippen LogP contribution in [0.3, 0.4) is 0 Å². The van der Waals surface area contributed by atoms with Gasteiger partial charge in [0.05, 0.1) is 17.1 Å². The summed E-state index contributed by atoms with van der Waals surface area (Å²) in [4.78, 5) is 10.3. The van der Waals surface area contributed by atoms with Gasteiger partial charge in [-0.1, -0.05) is 150 Å². The van der Waals surface area contributed by atoms with E-state index in [0.29, 0.717) is 11.3 Å². The third-order valence-electron chi connectivity index (χ3n) is 11.6. The van der Waals surface area contributed by atoms with E-state index in [2.05, 4.69) is 170 Å². The smallest absolute Gasteiger partial charge is 0.143 e. The lowest BCUT2D eigenvalue weighted by Crippen LogP contribution is -2.16. The molecule has 0 saturated carbocycles. The van der Waals surface area contributed by atoms with E-state index in [-0.39, 0.29) is 16.6 Å². The highest BCUT2D eigenvalue weighted by atomic mass is 16.3. The molecule has 9 rings (SSSR count). The van der Waals surface area contributed by atoms with Gasteiger partial charge in [-0.25, -0.2) is 4.98 Å². The number of hydrogen-bond donors (Lipinski definition) is 1. The molecule has 0 unspecified atom stereocenters. The molecule has 0 radical (unpaired) electrons. The highest BCUT2D eigenvalue weighted by Gasteiger charge is 2.22. The maximum atomic E-state index is 11.7. The molecule has 6 aromatic carbocycles. The molecule has 0 aliphatic heterocycles. The van der Waals surface area contributed by atoms with E-state index in [1.807, 2.05) is 37.3 Å². The molecule has 4 nitrogen and oxygen atoms in total. The predicted octanol–water partition coefficient (Wildman–Crippen LogP) is 15.3. The second-order valence-corrected chi connectivity index (χ2v) is 18.3. The molecule has 0 aliphatic rings. The van der Waals surface area contributed by atoms with Gasteiger partial charge in [0.1, 0.15) is 16.9 Å². The number of fused-ring (bicyclic) bond motifs is 3. The van der Waals surface area contributed by atoms with E-state index >= 15 is 0 Å². The van der Waals surface area contributed by atoms with Gasteiger partial charge in [0.25, 0.3) is 0 Å². The van der Waals surface area contributed by atoms with Crippen molar-refractivity contribution in [2.45, 2.75) is 66.2 Å². The molecule has 0 aliphatic carbocycles. The number of phenolic OH excluding ortho intramolecular Hbond substituents is 1. The summed E-state index contributed by atoms with van der Waals surface area (Å²) in [6.45, 7) is 17.7. The normalized spacial score (nSPS) is 12.1. The lowest BCUT2D eigenvalue weighted by atomic mass is 9.79. The van der Waals surface area contributed by atoms with Gasteiger partial charge in [0.2, 0.25) is 0 Å². The molecule has 0 bridgehead atoms. The number of aromatic hydroxyl groups is 1. The van der Waals surface area contributed by atoms with E-state index in [4.69, 9.17) is 14.4 Å². The molecule has 0 fully saturated rings. The van der Waals surface area contributed by atoms with Crippen molar-refractivity contribution in [3.63, 3.8) is 0 Å². The van der Waals surface area contributed by atoms with Crippen LogP contribution in [0.25, 0.3) is 89.1 Å². The zero-order valence-electron chi connectivity index (χ0n) is 35.7. The number of aromatic nitrogens is 2. The fourth-order valence-corrected chi connectivity index (χ4v) is 8.18. The lowest BCUT2D eigenvalue weighted by Gasteiger charge is -2.26. The number of rotatable bonds is 6. The van der Waals surface area contributed by atoms with Gasteiger partial charge < -0.3 is 9.52 Å². The molecule has 0 amide bonds. The number of furan rings is 1. The van der Waals surface area contributed by atoms with Gasteiger partial charge in [-0.2, -0.15) is 0 Å². The molecule has 0 spiro atoms. The van der Waals surface area contributed by atoms with Crippen LogP contribution in [0, 0.1) is 13.8 Å². The Bertz CT molecular complexity index is 3070. The standard InChI is InChI=1S/C56H50N2O2/c1-34-14-11-15-36(24-34)37-22-23-48(52(59)32-37)51-30-41(40-27-43(55(3,4)5)33-44(28-40)56(6,7)8)29-50(58-51)39-17-12-16-38(26-39)49-31-42(25-35(2)57-49)45-19-13-20-47-46-18-9-10-21-53(46)60-54(45)47/h9-33,59H,1-8H3. The Hall–Kier alpha value is -6.78. The van der Waals surface area contributed by atoms with Crippen LogP contribution in [0.2, 0.25) is 0 Å². The second-order valence-electron chi connectivity index (χ2n) is 18.3.